The fourth-order valence-electron chi connectivity index (χ4n) is 2.62. The number of likely N-dealkylation sites (tertiary alicyclic amines) is 1. The molecule has 2 rings (SSSR count). The first-order chi connectivity index (χ1) is 10.0. The Labute approximate surface area is 122 Å². The molecule has 0 bridgehead atoms. The molecule has 0 aromatic rings. The number of hydrogen-bond acceptors (Lipinski definition) is 4. The van der Waals surface area contributed by atoms with Crippen LogP contribution in [0.2, 0.25) is 0 Å². The van der Waals surface area contributed by atoms with E-state index in [1.165, 1.54) is 0 Å². The molecule has 0 unspecified atom stereocenters. The van der Waals surface area contributed by atoms with E-state index in [0.29, 0.717) is 19.4 Å². The van der Waals surface area contributed by atoms with Gasteiger partial charge in [-0.05, 0) is 19.3 Å². The average Bonchev–Trinajstić information content (AvgIpc) is 2.71. The predicted octanol–water partition coefficient (Wildman–Crippen LogP) is 0.173. The van der Waals surface area contributed by atoms with E-state index in [-0.39, 0.29) is 23.7 Å². The molecular weight excluding hydrogens is 274 g/mol. The van der Waals surface area contributed by atoms with Gasteiger partial charge in [0.05, 0.1) is 11.8 Å². The van der Waals surface area contributed by atoms with Crippen molar-refractivity contribution in [3.8, 4) is 0 Å². The highest BCUT2D eigenvalue weighted by molar-refractivity contribution is 6.08. The number of carbonyl (C=O) groups excluding carboxylic acids is 4. The van der Waals surface area contributed by atoms with E-state index in [9.17, 15) is 19.2 Å². The standard InChI is InChI=1S/C14H19N3O4/c1-2-7-15-14(21)16-11(18)8-17-12(19)9-5-3-4-6-10(9)13(17)20/h3-4,9-10H,2,5-8H2,1H3,(H2,15,16,18,21)/t9-,10-/m1/s1. The van der Waals surface area contributed by atoms with Crippen molar-refractivity contribution >= 4 is 23.8 Å². The zero-order valence-corrected chi connectivity index (χ0v) is 11.9. The normalized spacial score (nSPS) is 24.0. The second-order valence-electron chi connectivity index (χ2n) is 5.22. The van der Waals surface area contributed by atoms with E-state index < -0.39 is 18.5 Å². The molecule has 0 radical (unpaired) electrons. The van der Waals surface area contributed by atoms with Crippen LogP contribution in [0.1, 0.15) is 26.2 Å². The summed E-state index contributed by atoms with van der Waals surface area (Å²) in [7, 11) is 0. The lowest BCUT2D eigenvalue weighted by Crippen LogP contribution is -2.46. The second kappa shape index (κ2) is 6.51. The molecule has 7 heteroatoms. The number of rotatable bonds is 4. The van der Waals surface area contributed by atoms with Gasteiger partial charge in [-0.2, -0.15) is 0 Å². The van der Waals surface area contributed by atoms with E-state index in [2.05, 4.69) is 10.6 Å². The molecule has 0 aromatic heterocycles. The maximum absolute atomic E-state index is 12.1. The quantitative estimate of drug-likeness (QED) is 0.570. The van der Waals surface area contributed by atoms with Gasteiger partial charge in [-0.15, -0.1) is 0 Å². The smallest absolute Gasteiger partial charge is 0.321 e. The third-order valence-electron chi connectivity index (χ3n) is 3.69. The first-order valence-electron chi connectivity index (χ1n) is 7.12. The Hall–Kier alpha value is -2.18. The van der Waals surface area contributed by atoms with E-state index in [0.717, 1.165) is 11.3 Å². The van der Waals surface area contributed by atoms with Gasteiger partial charge in [0.1, 0.15) is 6.54 Å². The lowest BCUT2D eigenvalue weighted by atomic mass is 9.85. The third kappa shape index (κ3) is 3.29. The molecule has 2 aliphatic rings. The Morgan fingerprint density at radius 1 is 1.19 bits per heavy atom. The van der Waals surface area contributed by atoms with Crippen LogP contribution in [0.5, 0.6) is 0 Å². The Morgan fingerprint density at radius 2 is 1.76 bits per heavy atom. The summed E-state index contributed by atoms with van der Waals surface area (Å²) in [6.45, 7) is 1.94. The molecule has 2 atom stereocenters. The summed E-state index contributed by atoms with van der Waals surface area (Å²) in [5.74, 6) is -2.01. The van der Waals surface area contributed by atoms with Crippen LogP contribution in [0.3, 0.4) is 0 Å². The minimum Gasteiger partial charge on any atom is -0.338 e. The molecule has 21 heavy (non-hydrogen) atoms. The highest BCUT2D eigenvalue weighted by Crippen LogP contribution is 2.34. The number of nitrogens with one attached hydrogen (secondary N) is 2. The van der Waals surface area contributed by atoms with Gasteiger partial charge in [-0.25, -0.2) is 4.79 Å². The summed E-state index contributed by atoms with van der Waals surface area (Å²) in [5.41, 5.74) is 0. The number of fused-ring (bicyclic) bond motifs is 1. The lowest BCUT2D eigenvalue weighted by molar-refractivity contribution is -0.143. The monoisotopic (exact) mass is 293 g/mol. The maximum Gasteiger partial charge on any atom is 0.321 e. The van der Waals surface area contributed by atoms with Crippen LogP contribution in [0, 0.1) is 11.8 Å². The molecule has 0 aromatic carbocycles. The summed E-state index contributed by atoms with van der Waals surface area (Å²) in [5, 5.41) is 4.60. The van der Waals surface area contributed by atoms with Crippen LogP contribution in [-0.4, -0.2) is 41.7 Å². The number of allylic oxidation sites excluding steroid dienone is 2. The van der Waals surface area contributed by atoms with Crippen LogP contribution >= 0.6 is 0 Å². The van der Waals surface area contributed by atoms with Crippen LogP contribution in [0.25, 0.3) is 0 Å². The van der Waals surface area contributed by atoms with Crippen LogP contribution in [0.15, 0.2) is 12.2 Å². The number of urea groups is 1. The van der Waals surface area contributed by atoms with E-state index in [1.807, 2.05) is 19.1 Å². The maximum atomic E-state index is 12.1. The molecule has 1 fully saturated rings. The molecule has 0 spiro atoms. The van der Waals surface area contributed by atoms with E-state index in [4.69, 9.17) is 0 Å². The lowest BCUT2D eigenvalue weighted by Gasteiger charge is -2.14. The summed E-state index contributed by atoms with van der Waals surface area (Å²) in [6, 6.07) is -0.611. The molecule has 1 saturated heterocycles. The Bertz CT molecular complexity index is 474. The van der Waals surface area contributed by atoms with Gasteiger partial charge in [0.25, 0.3) is 0 Å². The highest BCUT2D eigenvalue weighted by atomic mass is 16.2. The average molecular weight is 293 g/mol. The van der Waals surface area contributed by atoms with Gasteiger partial charge in [-0.1, -0.05) is 19.1 Å². The number of carbonyl (C=O) groups is 4. The molecule has 2 N–H and O–H groups in total. The van der Waals surface area contributed by atoms with Gasteiger partial charge >= 0.3 is 6.03 Å². The summed E-state index contributed by atoms with van der Waals surface area (Å²) >= 11 is 0. The summed E-state index contributed by atoms with van der Waals surface area (Å²) in [6.07, 6.45) is 5.58. The minimum atomic E-state index is -0.656. The van der Waals surface area contributed by atoms with Gasteiger partial charge < -0.3 is 5.32 Å². The Balaban J connectivity index is 1.91. The van der Waals surface area contributed by atoms with E-state index >= 15 is 0 Å². The fraction of sp³-hybridized carbons (Fsp3) is 0.571. The molecule has 114 valence electrons. The molecule has 1 aliphatic carbocycles. The minimum absolute atomic E-state index is 0.321. The van der Waals surface area contributed by atoms with Crippen LogP contribution in [-0.2, 0) is 14.4 Å². The van der Waals surface area contributed by atoms with Crippen molar-refractivity contribution < 1.29 is 19.2 Å². The topological polar surface area (TPSA) is 95.6 Å². The van der Waals surface area contributed by atoms with Crippen molar-refractivity contribution in [2.45, 2.75) is 26.2 Å². The second-order valence-corrected chi connectivity index (χ2v) is 5.22. The van der Waals surface area contributed by atoms with Crippen molar-refractivity contribution in [3.05, 3.63) is 12.2 Å². The SMILES string of the molecule is CCCNC(=O)NC(=O)CN1C(=O)[C@@H]2CC=CC[C@H]2C1=O. The van der Waals surface area contributed by atoms with Gasteiger partial charge in [0, 0.05) is 6.54 Å². The zero-order valence-electron chi connectivity index (χ0n) is 11.9. The van der Waals surface area contributed by atoms with Crippen molar-refractivity contribution in [3.63, 3.8) is 0 Å². The van der Waals surface area contributed by atoms with Crippen molar-refractivity contribution in [1.29, 1.82) is 0 Å². The van der Waals surface area contributed by atoms with E-state index in [1.54, 1.807) is 0 Å². The highest BCUT2D eigenvalue weighted by Gasteiger charge is 2.47. The van der Waals surface area contributed by atoms with Crippen LogP contribution in [0.4, 0.5) is 4.79 Å². The summed E-state index contributed by atoms with van der Waals surface area (Å²) in [4.78, 5) is 48.3. The number of nitrogens with zero attached hydrogens (tertiary/aromatic N) is 1. The number of amides is 5. The largest absolute Gasteiger partial charge is 0.338 e. The van der Waals surface area contributed by atoms with Gasteiger partial charge in [-0.3, -0.25) is 24.6 Å². The van der Waals surface area contributed by atoms with Crippen molar-refractivity contribution in [2.24, 2.45) is 11.8 Å². The first-order valence-corrected chi connectivity index (χ1v) is 7.12. The zero-order chi connectivity index (χ0) is 15.4. The molecule has 1 heterocycles. The fourth-order valence-corrected chi connectivity index (χ4v) is 2.62. The third-order valence-corrected chi connectivity index (χ3v) is 3.69. The molecule has 5 amide bonds. The summed E-state index contributed by atoms with van der Waals surface area (Å²) < 4.78 is 0. The van der Waals surface area contributed by atoms with Crippen molar-refractivity contribution in [1.82, 2.24) is 15.5 Å². The first kappa shape index (κ1) is 15.2. The Kier molecular flexibility index (Phi) is 4.72. The van der Waals surface area contributed by atoms with Crippen molar-refractivity contribution in [2.75, 3.05) is 13.1 Å². The predicted molar refractivity (Wildman–Crippen MR) is 73.9 cm³/mol. The molecular formula is C14H19N3O4. The van der Waals surface area contributed by atoms with Gasteiger partial charge in [0.2, 0.25) is 17.7 Å². The molecule has 1 aliphatic heterocycles. The van der Waals surface area contributed by atoms with Gasteiger partial charge in [0.15, 0.2) is 0 Å². The number of hydrogen-bond donors (Lipinski definition) is 2. The number of imide groups is 2. The molecule has 0 saturated carbocycles. The Morgan fingerprint density at radius 3 is 2.29 bits per heavy atom. The molecule has 7 nitrogen and oxygen atoms in total. The van der Waals surface area contributed by atoms with Crippen LogP contribution < -0.4 is 10.6 Å².